The molecule has 0 amide bonds. The van der Waals surface area contributed by atoms with Gasteiger partial charge in [-0.2, -0.15) is 0 Å². The molecule has 1 atom stereocenters. The van der Waals surface area contributed by atoms with Gasteiger partial charge < -0.3 is 10.1 Å². The fourth-order valence-electron chi connectivity index (χ4n) is 2.59. The van der Waals surface area contributed by atoms with Gasteiger partial charge in [0.05, 0.1) is 24.1 Å². The molecule has 2 saturated heterocycles. The quantitative estimate of drug-likeness (QED) is 0.920. The third kappa shape index (κ3) is 2.60. The maximum absolute atomic E-state index is 13.9. The van der Waals surface area contributed by atoms with Gasteiger partial charge in [0.25, 0.3) is 0 Å². The minimum atomic E-state index is -3.37. The van der Waals surface area contributed by atoms with Crippen LogP contribution in [0, 0.1) is 5.82 Å². The third-order valence-electron chi connectivity index (χ3n) is 3.61. The van der Waals surface area contributed by atoms with E-state index in [-0.39, 0.29) is 17.5 Å². The van der Waals surface area contributed by atoms with E-state index in [1.807, 2.05) is 0 Å². The van der Waals surface area contributed by atoms with Crippen LogP contribution in [0.1, 0.15) is 12.8 Å². The van der Waals surface area contributed by atoms with Crippen LogP contribution in [0.15, 0.2) is 18.2 Å². The zero-order chi connectivity index (χ0) is 14.2. The van der Waals surface area contributed by atoms with E-state index in [0.29, 0.717) is 26.2 Å². The molecule has 7 heteroatoms. The molecular weight excluding hydrogens is 283 g/mol. The molecular formula is C13H17FN2O3S. The molecule has 2 heterocycles. The monoisotopic (exact) mass is 300 g/mol. The lowest BCUT2D eigenvalue weighted by Crippen LogP contribution is -2.26. The van der Waals surface area contributed by atoms with E-state index in [4.69, 9.17) is 4.74 Å². The van der Waals surface area contributed by atoms with E-state index in [0.717, 1.165) is 12.1 Å². The average molecular weight is 300 g/mol. The molecule has 0 bridgehead atoms. The number of rotatable bonds is 3. The summed E-state index contributed by atoms with van der Waals surface area (Å²) < 4.78 is 44.1. The van der Waals surface area contributed by atoms with Crippen LogP contribution in [0.4, 0.5) is 15.8 Å². The first-order valence-electron chi connectivity index (χ1n) is 6.70. The largest absolute Gasteiger partial charge is 0.380 e. The normalized spacial score (nSPS) is 25.1. The molecule has 0 radical (unpaired) electrons. The minimum Gasteiger partial charge on any atom is -0.380 e. The molecule has 1 aromatic carbocycles. The van der Waals surface area contributed by atoms with Crippen LogP contribution >= 0.6 is 0 Å². The van der Waals surface area contributed by atoms with Crippen molar-refractivity contribution in [3.05, 3.63) is 24.0 Å². The van der Waals surface area contributed by atoms with Crippen molar-refractivity contribution >= 4 is 21.4 Å². The van der Waals surface area contributed by atoms with E-state index in [2.05, 4.69) is 5.32 Å². The summed E-state index contributed by atoms with van der Waals surface area (Å²) in [5.74, 6) is -0.427. The number of ether oxygens (including phenoxy) is 1. The Morgan fingerprint density at radius 1 is 1.40 bits per heavy atom. The molecule has 0 spiro atoms. The van der Waals surface area contributed by atoms with Gasteiger partial charge in [0, 0.05) is 18.8 Å². The van der Waals surface area contributed by atoms with Crippen LogP contribution in [0.25, 0.3) is 0 Å². The van der Waals surface area contributed by atoms with Gasteiger partial charge in [-0.3, -0.25) is 4.31 Å². The lowest BCUT2D eigenvalue weighted by molar-refractivity contribution is 0.195. The van der Waals surface area contributed by atoms with Crippen LogP contribution in [0.5, 0.6) is 0 Å². The second-order valence-corrected chi connectivity index (χ2v) is 7.13. The Morgan fingerprint density at radius 3 is 2.90 bits per heavy atom. The summed E-state index contributed by atoms with van der Waals surface area (Å²) in [6.45, 7) is 1.68. The Bertz CT molecular complexity index is 600. The van der Waals surface area contributed by atoms with E-state index in [1.165, 1.54) is 10.4 Å². The van der Waals surface area contributed by atoms with Crippen molar-refractivity contribution in [1.29, 1.82) is 0 Å². The van der Waals surface area contributed by atoms with Gasteiger partial charge in [-0.25, -0.2) is 12.8 Å². The standard InChI is InChI=1S/C13H17FN2O3S/c14-12-3-2-10(15-11-4-6-19-9-11)8-13(12)16-5-1-7-20(16,17)18/h2-3,8,11,15H,1,4-7,9H2. The molecule has 1 unspecified atom stereocenters. The Kier molecular flexibility index (Phi) is 3.55. The molecule has 2 aliphatic rings. The lowest BCUT2D eigenvalue weighted by atomic mass is 10.2. The molecule has 110 valence electrons. The number of nitrogens with one attached hydrogen (secondary N) is 1. The van der Waals surface area contributed by atoms with Gasteiger partial charge in [-0.05, 0) is 31.0 Å². The summed E-state index contributed by atoms with van der Waals surface area (Å²) in [6.07, 6.45) is 1.44. The smallest absolute Gasteiger partial charge is 0.235 e. The average Bonchev–Trinajstić information content (AvgIpc) is 3.01. The third-order valence-corrected chi connectivity index (χ3v) is 5.47. The molecule has 1 N–H and O–H groups in total. The highest BCUT2D eigenvalue weighted by Crippen LogP contribution is 2.30. The highest BCUT2D eigenvalue weighted by atomic mass is 32.2. The highest BCUT2D eigenvalue weighted by Gasteiger charge is 2.30. The summed E-state index contributed by atoms with van der Waals surface area (Å²) in [5.41, 5.74) is 0.852. The minimum absolute atomic E-state index is 0.0839. The summed E-state index contributed by atoms with van der Waals surface area (Å²) in [6, 6.07) is 4.70. The zero-order valence-electron chi connectivity index (χ0n) is 11.0. The highest BCUT2D eigenvalue weighted by molar-refractivity contribution is 7.93. The van der Waals surface area contributed by atoms with E-state index < -0.39 is 15.8 Å². The predicted molar refractivity (Wildman–Crippen MR) is 75.0 cm³/mol. The maximum Gasteiger partial charge on any atom is 0.235 e. The molecule has 0 aliphatic carbocycles. The molecule has 3 rings (SSSR count). The number of hydrogen-bond donors (Lipinski definition) is 1. The molecule has 5 nitrogen and oxygen atoms in total. The summed E-state index contributed by atoms with van der Waals surface area (Å²) in [7, 11) is -3.37. The van der Waals surface area contributed by atoms with E-state index in [1.54, 1.807) is 12.1 Å². The van der Waals surface area contributed by atoms with Crippen molar-refractivity contribution in [3.63, 3.8) is 0 Å². The fourth-order valence-corrected chi connectivity index (χ4v) is 4.15. The fraction of sp³-hybridized carbons (Fsp3) is 0.538. The summed E-state index contributed by atoms with van der Waals surface area (Å²) >= 11 is 0. The molecule has 1 aromatic rings. The van der Waals surface area contributed by atoms with Crippen molar-refractivity contribution < 1.29 is 17.5 Å². The summed E-state index contributed by atoms with van der Waals surface area (Å²) in [4.78, 5) is 0. The lowest BCUT2D eigenvalue weighted by Gasteiger charge is -2.20. The van der Waals surface area contributed by atoms with Crippen LogP contribution in [-0.4, -0.2) is 40.0 Å². The maximum atomic E-state index is 13.9. The Morgan fingerprint density at radius 2 is 2.25 bits per heavy atom. The van der Waals surface area contributed by atoms with Crippen LogP contribution in [0.2, 0.25) is 0 Å². The van der Waals surface area contributed by atoms with Gasteiger partial charge in [0.1, 0.15) is 5.82 Å². The molecule has 2 aliphatic heterocycles. The molecule has 0 saturated carbocycles. The van der Waals surface area contributed by atoms with Crippen LogP contribution < -0.4 is 9.62 Å². The Labute approximate surface area is 117 Å². The molecule has 20 heavy (non-hydrogen) atoms. The second-order valence-electron chi connectivity index (χ2n) is 5.11. The SMILES string of the molecule is O=S1(=O)CCCN1c1cc(NC2CCOC2)ccc1F. The van der Waals surface area contributed by atoms with Crippen molar-refractivity contribution in [1.82, 2.24) is 0 Å². The zero-order valence-corrected chi connectivity index (χ0v) is 11.8. The Hall–Kier alpha value is -1.34. The van der Waals surface area contributed by atoms with E-state index >= 15 is 0 Å². The number of hydrogen-bond acceptors (Lipinski definition) is 4. The number of halogens is 1. The molecule has 0 aromatic heterocycles. The number of benzene rings is 1. The van der Waals surface area contributed by atoms with Gasteiger partial charge in [0.15, 0.2) is 0 Å². The van der Waals surface area contributed by atoms with Gasteiger partial charge in [-0.1, -0.05) is 0 Å². The second kappa shape index (κ2) is 5.21. The van der Waals surface area contributed by atoms with Crippen molar-refractivity contribution in [2.45, 2.75) is 18.9 Å². The number of sulfonamides is 1. The van der Waals surface area contributed by atoms with Gasteiger partial charge >= 0.3 is 0 Å². The Balaban J connectivity index is 1.86. The van der Waals surface area contributed by atoms with Crippen molar-refractivity contribution in [3.8, 4) is 0 Å². The van der Waals surface area contributed by atoms with Crippen molar-refractivity contribution in [2.75, 3.05) is 35.1 Å². The van der Waals surface area contributed by atoms with Gasteiger partial charge in [0.2, 0.25) is 10.0 Å². The number of nitrogens with zero attached hydrogens (tertiary/aromatic N) is 1. The first-order chi connectivity index (χ1) is 9.56. The number of anilines is 2. The predicted octanol–water partition coefficient (Wildman–Crippen LogP) is 1.57. The van der Waals surface area contributed by atoms with Crippen molar-refractivity contribution in [2.24, 2.45) is 0 Å². The van der Waals surface area contributed by atoms with Crippen LogP contribution in [-0.2, 0) is 14.8 Å². The van der Waals surface area contributed by atoms with Gasteiger partial charge in [-0.15, -0.1) is 0 Å². The first kappa shape index (κ1) is 13.6. The first-order valence-corrected chi connectivity index (χ1v) is 8.31. The summed E-state index contributed by atoms with van der Waals surface area (Å²) in [5, 5.41) is 3.25. The van der Waals surface area contributed by atoms with Crippen LogP contribution in [0.3, 0.4) is 0 Å². The van der Waals surface area contributed by atoms with E-state index in [9.17, 15) is 12.8 Å². The topological polar surface area (TPSA) is 58.6 Å². The molecule has 2 fully saturated rings.